The first-order chi connectivity index (χ1) is 20.2. The zero-order valence-electron chi connectivity index (χ0n) is 25.5. The summed E-state index contributed by atoms with van der Waals surface area (Å²) in [7, 11) is 0. The number of carbonyl (C=O) groups is 1. The molecule has 0 saturated heterocycles. The predicted octanol–water partition coefficient (Wildman–Crippen LogP) is -2.08. The minimum absolute atomic E-state index is 0. The average molecular weight is 685 g/mol. The molecule has 6 rings (SSSR count). The van der Waals surface area contributed by atoms with Gasteiger partial charge in [-0.1, -0.05) is 0 Å². The van der Waals surface area contributed by atoms with Crippen molar-refractivity contribution in [2.45, 2.75) is 83.7 Å². The summed E-state index contributed by atoms with van der Waals surface area (Å²) in [6.07, 6.45) is 10.7. The van der Waals surface area contributed by atoms with Crippen molar-refractivity contribution in [3.63, 3.8) is 0 Å². The molecule has 9 nitrogen and oxygen atoms in total. The van der Waals surface area contributed by atoms with Gasteiger partial charge in [-0.2, -0.15) is 0 Å². The second-order valence-corrected chi connectivity index (χ2v) is 13.5. The van der Waals surface area contributed by atoms with E-state index in [1.165, 1.54) is 46.2 Å². The first kappa shape index (κ1) is 40.2. The van der Waals surface area contributed by atoms with E-state index in [2.05, 4.69) is 46.4 Å². The van der Waals surface area contributed by atoms with Crippen LogP contribution in [0, 0.1) is 0 Å². The standard InChI is InChI=1S/2C15H19N3S.CH2O3.2K/c2*16-11-1-3-12(4-2-11)19-13-5-6-14-10(9-13)7-8-18-15(14)17;2-1(3)4;;/h2*5-9,11-12H,1-4,16H2,(H2,17,18);(H2,2,3,4);;/q;;;2*+1/p-2/t2*11-,12-;;;. The Morgan fingerprint density at radius 2 is 0.977 bits per heavy atom. The normalized spacial score (nSPS) is 21.0. The number of fused-ring (bicyclic) bond motifs is 2. The van der Waals surface area contributed by atoms with Crippen LogP contribution in [0.4, 0.5) is 16.4 Å². The van der Waals surface area contributed by atoms with Gasteiger partial charge < -0.3 is 37.9 Å². The van der Waals surface area contributed by atoms with E-state index in [1.54, 1.807) is 12.4 Å². The van der Waals surface area contributed by atoms with Crippen molar-refractivity contribution < 1.29 is 118 Å². The van der Waals surface area contributed by atoms with Gasteiger partial charge in [0.25, 0.3) is 0 Å². The summed E-state index contributed by atoms with van der Waals surface area (Å²) in [6.45, 7) is 0. The molecule has 2 heterocycles. The maximum atomic E-state index is 8.33. The van der Waals surface area contributed by atoms with E-state index in [0.29, 0.717) is 34.2 Å². The molecule has 0 amide bonds. The van der Waals surface area contributed by atoms with Gasteiger partial charge in [0.2, 0.25) is 0 Å². The summed E-state index contributed by atoms with van der Waals surface area (Å²) in [5.41, 5.74) is 23.7. The number of hydrogen-bond acceptors (Lipinski definition) is 11. The van der Waals surface area contributed by atoms with Crippen molar-refractivity contribution in [2.24, 2.45) is 11.5 Å². The first-order valence-electron chi connectivity index (χ1n) is 14.2. The molecule has 0 radical (unpaired) electrons. The number of rotatable bonds is 4. The molecule has 8 N–H and O–H groups in total. The molecule has 0 unspecified atom stereocenters. The third kappa shape index (κ3) is 12.9. The molecular formula is C31H38K2N6O3S2. The molecule has 0 atom stereocenters. The molecule has 2 aliphatic carbocycles. The van der Waals surface area contributed by atoms with Crippen LogP contribution < -0.4 is 136 Å². The van der Waals surface area contributed by atoms with Crippen LogP contribution in [0.1, 0.15) is 51.4 Å². The number of nitrogens with zero attached hydrogens (tertiary/aromatic N) is 2. The maximum absolute atomic E-state index is 8.33. The number of carbonyl (C=O) groups excluding carboxylic acids is 1. The molecule has 0 spiro atoms. The molecule has 2 fully saturated rings. The smallest absolute Gasteiger partial charge is 0.652 e. The summed E-state index contributed by atoms with van der Waals surface area (Å²) in [5, 5.41) is 22.5. The first-order valence-corrected chi connectivity index (χ1v) is 15.9. The SMILES string of the molecule is Nc1nccc2cc(S[C@H]3CC[C@H](N)CC3)ccc12.Nc1nccc2cc(S[C@H]3CC[C@H](N)CC3)ccc12.O=C([O-])[O-].[K+].[K+]. The fourth-order valence-corrected chi connectivity index (χ4v) is 7.77. The number of pyridine rings is 2. The van der Waals surface area contributed by atoms with E-state index in [4.69, 9.17) is 37.9 Å². The molecule has 2 aromatic carbocycles. The molecule has 13 heteroatoms. The third-order valence-electron chi connectivity index (χ3n) is 7.58. The third-order valence-corrected chi connectivity index (χ3v) is 10.2. The molecule has 224 valence electrons. The number of nitrogen functional groups attached to an aromatic ring is 2. The van der Waals surface area contributed by atoms with Gasteiger partial charge in [0, 0.05) is 55.5 Å². The Hall–Kier alpha value is 0.0227. The Kier molecular flexibility index (Phi) is 18.6. The Balaban J connectivity index is 0.000000263. The topological polar surface area (TPSA) is 193 Å². The number of hydrogen-bond donors (Lipinski definition) is 4. The van der Waals surface area contributed by atoms with Crippen molar-refractivity contribution in [1.29, 1.82) is 0 Å². The average Bonchev–Trinajstić information content (AvgIpc) is 2.96. The number of carboxylic acid groups (broad SMARTS) is 2. The van der Waals surface area contributed by atoms with Crippen LogP contribution in [0.15, 0.2) is 70.7 Å². The van der Waals surface area contributed by atoms with Crippen LogP contribution in [0.2, 0.25) is 0 Å². The Morgan fingerprint density at radius 1 is 0.636 bits per heavy atom. The number of benzene rings is 2. The van der Waals surface area contributed by atoms with Gasteiger partial charge in [-0.15, -0.1) is 23.5 Å². The van der Waals surface area contributed by atoms with Gasteiger partial charge in [0.05, 0.1) is 0 Å². The summed E-state index contributed by atoms with van der Waals surface area (Å²) in [5.74, 6) is 1.22. The van der Waals surface area contributed by atoms with Gasteiger partial charge in [-0.05, 0) is 117 Å². The van der Waals surface area contributed by atoms with E-state index in [9.17, 15) is 0 Å². The molecule has 4 aromatic rings. The summed E-state index contributed by atoms with van der Waals surface area (Å²) in [6, 6.07) is 17.8. The van der Waals surface area contributed by atoms with Gasteiger partial charge in [-0.25, -0.2) is 9.97 Å². The second kappa shape index (κ2) is 20.4. The summed E-state index contributed by atoms with van der Waals surface area (Å²) in [4.78, 5) is 19.2. The van der Waals surface area contributed by atoms with E-state index in [-0.39, 0.29) is 103 Å². The summed E-state index contributed by atoms with van der Waals surface area (Å²) < 4.78 is 0. The monoisotopic (exact) mass is 684 g/mol. The van der Waals surface area contributed by atoms with Crippen LogP contribution in [0.3, 0.4) is 0 Å². The van der Waals surface area contributed by atoms with Crippen LogP contribution in [0.25, 0.3) is 21.5 Å². The van der Waals surface area contributed by atoms with Gasteiger partial charge in [0.1, 0.15) is 11.6 Å². The number of aromatic nitrogens is 2. The van der Waals surface area contributed by atoms with Gasteiger partial charge in [0.15, 0.2) is 0 Å². The zero-order valence-corrected chi connectivity index (χ0v) is 33.4. The predicted molar refractivity (Wildman–Crippen MR) is 170 cm³/mol. The zero-order chi connectivity index (χ0) is 30.1. The molecule has 44 heavy (non-hydrogen) atoms. The van der Waals surface area contributed by atoms with Crippen LogP contribution in [-0.2, 0) is 0 Å². The quantitative estimate of drug-likeness (QED) is 0.173. The van der Waals surface area contributed by atoms with Crippen molar-refractivity contribution in [2.75, 3.05) is 11.5 Å². The maximum Gasteiger partial charge on any atom is 1.00 e. The molecular weight excluding hydrogens is 647 g/mol. The van der Waals surface area contributed by atoms with Gasteiger partial charge in [-0.3, -0.25) is 0 Å². The number of anilines is 2. The fraction of sp³-hybridized carbons (Fsp3) is 0.387. The molecule has 2 aromatic heterocycles. The molecule has 2 aliphatic rings. The van der Waals surface area contributed by atoms with Crippen molar-refractivity contribution in [1.82, 2.24) is 9.97 Å². The fourth-order valence-electron chi connectivity index (χ4n) is 5.30. The molecule has 0 bridgehead atoms. The number of thioether (sulfide) groups is 2. The Labute approximate surface area is 352 Å². The van der Waals surface area contributed by atoms with Crippen molar-refractivity contribution in [3.8, 4) is 0 Å². The minimum Gasteiger partial charge on any atom is -0.652 e. The minimum atomic E-state index is -2.33. The van der Waals surface area contributed by atoms with Crippen LogP contribution >= 0.6 is 23.5 Å². The van der Waals surface area contributed by atoms with Crippen molar-refractivity contribution in [3.05, 3.63) is 60.9 Å². The van der Waals surface area contributed by atoms with Gasteiger partial charge >= 0.3 is 103 Å². The van der Waals surface area contributed by atoms with E-state index < -0.39 is 6.16 Å². The van der Waals surface area contributed by atoms with Crippen LogP contribution in [-0.4, -0.2) is 38.7 Å². The van der Waals surface area contributed by atoms with E-state index in [1.807, 2.05) is 35.7 Å². The summed E-state index contributed by atoms with van der Waals surface area (Å²) >= 11 is 3.94. The second-order valence-electron chi connectivity index (χ2n) is 10.7. The number of nitrogens with two attached hydrogens (primary N) is 4. The Bertz CT molecular complexity index is 1380. The van der Waals surface area contributed by atoms with Crippen molar-refractivity contribution >= 4 is 62.9 Å². The largest absolute Gasteiger partial charge is 1.00 e. The Morgan fingerprint density at radius 3 is 1.32 bits per heavy atom. The molecule has 2 saturated carbocycles. The van der Waals surface area contributed by atoms with Crippen LogP contribution in [0.5, 0.6) is 0 Å². The van der Waals surface area contributed by atoms with E-state index in [0.717, 1.165) is 36.5 Å². The van der Waals surface area contributed by atoms with E-state index >= 15 is 0 Å². The molecule has 0 aliphatic heterocycles.